The van der Waals surface area contributed by atoms with E-state index in [1.54, 1.807) is 35.2 Å². The van der Waals surface area contributed by atoms with Gasteiger partial charge in [0.05, 0.1) is 4.88 Å². The van der Waals surface area contributed by atoms with E-state index in [0.717, 1.165) is 23.2 Å². The fourth-order valence-corrected chi connectivity index (χ4v) is 3.94. The first-order valence-electron chi connectivity index (χ1n) is 8.63. The van der Waals surface area contributed by atoms with Crippen LogP contribution in [0.25, 0.3) is 0 Å². The van der Waals surface area contributed by atoms with Crippen LogP contribution in [0.3, 0.4) is 0 Å². The lowest BCUT2D eigenvalue weighted by Crippen LogP contribution is -2.29. The van der Waals surface area contributed by atoms with Crippen molar-refractivity contribution in [2.75, 3.05) is 11.4 Å². The molecule has 1 aliphatic heterocycles. The van der Waals surface area contributed by atoms with E-state index >= 15 is 0 Å². The normalized spacial score (nSPS) is 12.7. The minimum absolute atomic E-state index is 0.0369. The SMILES string of the molecule is O=C(NCc1ccc2c(c1)N(C(=O)c1ccc(Cl)cc1)CC2)c1cccs1. The van der Waals surface area contributed by atoms with E-state index in [0.29, 0.717) is 28.6 Å². The van der Waals surface area contributed by atoms with Gasteiger partial charge < -0.3 is 10.2 Å². The third-order valence-electron chi connectivity index (χ3n) is 4.58. The van der Waals surface area contributed by atoms with Crippen molar-refractivity contribution >= 4 is 40.4 Å². The summed E-state index contributed by atoms with van der Waals surface area (Å²) in [4.78, 5) is 27.5. The Morgan fingerprint density at radius 1 is 1.11 bits per heavy atom. The van der Waals surface area contributed by atoms with Gasteiger partial charge in [-0.15, -0.1) is 11.3 Å². The van der Waals surface area contributed by atoms with Crippen LogP contribution in [0, 0.1) is 0 Å². The fourth-order valence-electron chi connectivity index (χ4n) is 3.17. The van der Waals surface area contributed by atoms with Gasteiger partial charge in [0.1, 0.15) is 0 Å². The number of anilines is 1. The minimum atomic E-state index is -0.0837. The van der Waals surface area contributed by atoms with Gasteiger partial charge in [0.2, 0.25) is 0 Å². The molecule has 136 valence electrons. The maximum absolute atomic E-state index is 12.9. The molecule has 0 saturated heterocycles. The molecule has 0 unspecified atom stereocenters. The fraction of sp³-hybridized carbons (Fsp3) is 0.143. The Bertz CT molecular complexity index is 984. The highest BCUT2D eigenvalue weighted by molar-refractivity contribution is 7.12. The summed E-state index contributed by atoms with van der Waals surface area (Å²) in [7, 11) is 0. The zero-order chi connectivity index (χ0) is 18.8. The van der Waals surface area contributed by atoms with Gasteiger partial charge in [-0.2, -0.15) is 0 Å². The van der Waals surface area contributed by atoms with Crippen molar-refractivity contribution in [1.82, 2.24) is 5.32 Å². The van der Waals surface area contributed by atoms with E-state index in [1.807, 2.05) is 29.6 Å². The molecule has 4 rings (SSSR count). The average molecular weight is 397 g/mol. The lowest BCUT2D eigenvalue weighted by molar-refractivity contribution is 0.0953. The van der Waals surface area contributed by atoms with Crippen LogP contribution in [-0.4, -0.2) is 18.4 Å². The molecule has 1 aliphatic rings. The second-order valence-electron chi connectivity index (χ2n) is 6.34. The number of thiophene rings is 1. The van der Waals surface area contributed by atoms with Gasteiger partial charge in [-0.05, 0) is 59.3 Å². The number of amides is 2. The van der Waals surface area contributed by atoms with Crippen LogP contribution >= 0.6 is 22.9 Å². The molecule has 0 atom stereocenters. The maximum Gasteiger partial charge on any atom is 0.261 e. The van der Waals surface area contributed by atoms with Crippen LogP contribution < -0.4 is 10.2 Å². The molecular weight excluding hydrogens is 380 g/mol. The molecule has 3 aromatic rings. The molecule has 27 heavy (non-hydrogen) atoms. The summed E-state index contributed by atoms with van der Waals surface area (Å²) in [6, 6.07) is 16.6. The second-order valence-corrected chi connectivity index (χ2v) is 7.72. The Morgan fingerprint density at radius 3 is 2.67 bits per heavy atom. The van der Waals surface area contributed by atoms with Gasteiger partial charge in [0.25, 0.3) is 11.8 Å². The van der Waals surface area contributed by atoms with Crippen LogP contribution in [0.5, 0.6) is 0 Å². The topological polar surface area (TPSA) is 49.4 Å². The first-order chi connectivity index (χ1) is 13.1. The summed E-state index contributed by atoms with van der Waals surface area (Å²) in [5.41, 5.74) is 3.64. The van der Waals surface area contributed by atoms with Gasteiger partial charge in [0.15, 0.2) is 0 Å². The van der Waals surface area contributed by atoms with Gasteiger partial charge in [-0.3, -0.25) is 9.59 Å². The number of rotatable bonds is 4. The van der Waals surface area contributed by atoms with Crippen LogP contribution in [-0.2, 0) is 13.0 Å². The summed E-state index contributed by atoms with van der Waals surface area (Å²) in [6.07, 6.45) is 0.830. The Labute approximate surface area is 166 Å². The van der Waals surface area contributed by atoms with Crippen LogP contribution in [0.4, 0.5) is 5.69 Å². The molecule has 0 saturated carbocycles. The number of hydrogen-bond acceptors (Lipinski definition) is 3. The molecule has 4 nitrogen and oxygen atoms in total. The van der Waals surface area contributed by atoms with Crippen LogP contribution in [0.2, 0.25) is 5.02 Å². The minimum Gasteiger partial charge on any atom is -0.347 e. The third kappa shape index (κ3) is 3.75. The third-order valence-corrected chi connectivity index (χ3v) is 5.70. The zero-order valence-corrected chi connectivity index (χ0v) is 16.0. The summed E-state index contributed by atoms with van der Waals surface area (Å²) in [6.45, 7) is 1.08. The molecule has 6 heteroatoms. The first-order valence-corrected chi connectivity index (χ1v) is 9.88. The highest BCUT2D eigenvalue weighted by Crippen LogP contribution is 2.30. The van der Waals surface area contributed by atoms with Crippen molar-refractivity contribution in [3.63, 3.8) is 0 Å². The van der Waals surface area contributed by atoms with Crippen LogP contribution in [0.15, 0.2) is 60.0 Å². The molecule has 1 aromatic heterocycles. The highest BCUT2D eigenvalue weighted by Gasteiger charge is 2.25. The molecule has 0 fully saturated rings. The lowest BCUT2D eigenvalue weighted by Gasteiger charge is -2.18. The highest BCUT2D eigenvalue weighted by atomic mass is 35.5. The van der Waals surface area contributed by atoms with Crippen molar-refractivity contribution in [3.8, 4) is 0 Å². The predicted octanol–water partition coefficient (Wildman–Crippen LogP) is 4.53. The van der Waals surface area contributed by atoms with Crippen molar-refractivity contribution in [3.05, 3.63) is 86.6 Å². The monoisotopic (exact) mass is 396 g/mol. The van der Waals surface area contributed by atoms with Crippen molar-refractivity contribution in [1.29, 1.82) is 0 Å². The smallest absolute Gasteiger partial charge is 0.261 e. The summed E-state index contributed by atoms with van der Waals surface area (Å²) < 4.78 is 0. The summed E-state index contributed by atoms with van der Waals surface area (Å²) >= 11 is 7.33. The number of nitrogens with zero attached hydrogens (tertiary/aromatic N) is 1. The number of benzene rings is 2. The van der Waals surface area contributed by atoms with Crippen molar-refractivity contribution < 1.29 is 9.59 Å². The number of carbonyl (C=O) groups is 2. The first kappa shape index (κ1) is 17.8. The molecule has 0 aliphatic carbocycles. The van der Waals surface area contributed by atoms with E-state index < -0.39 is 0 Å². The van der Waals surface area contributed by atoms with Gasteiger partial charge >= 0.3 is 0 Å². The average Bonchev–Trinajstić information content (AvgIpc) is 3.36. The summed E-state index contributed by atoms with van der Waals surface area (Å²) in [5, 5.41) is 5.42. The van der Waals surface area contributed by atoms with Gasteiger partial charge in [-0.1, -0.05) is 29.8 Å². The molecule has 0 radical (unpaired) electrons. The van der Waals surface area contributed by atoms with Gasteiger partial charge in [0, 0.05) is 29.4 Å². The number of carbonyl (C=O) groups excluding carboxylic acids is 2. The maximum atomic E-state index is 12.9. The zero-order valence-electron chi connectivity index (χ0n) is 14.4. The van der Waals surface area contributed by atoms with E-state index in [2.05, 4.69) is 5.32 Å². The largest absolute Gasteiger partial charge is 0.347 e. The number of fused-ring (bicyclic) bond motifs is 1. The van der Waals surface area contributed by atoms with Gasteiger partial charge in [-0.25, -0.2) is 0 Å². The van der Waals surface area contributed by atoms with E-state index in [9.17, 15) is 9.59 Å². The van der Waals surface area contributed by atoms with Crippen molar-refractivity contribution in [2.24, 2.45) is 0 Å². The molecule has 2 amide bonds. The summed E-state index contributed by atoms with van der Waals surface area (Å²) in [5.74, 6) is -0.121. The Balaban J connectivity index is 1.50. The van der Waals surface area contributed by atoms with E-state index in [4.69, 9.17) is 11.6 Å². The standard InChI is InChI=1S/C21H17ClN2O2S/c22-17-7-5-16(6-8-17)21(26)24-10-9-15-4-3-14(12-18(15)24)13-23-20(25)19-2-1-11-27-19/h1-8,11-12H,9-10,13H2,(H,23,25). The quantitative estimate of drug-likeness (QED) is 0.704. The van der Waals surface area contributed by atoms with E-state index in [-0.39, 0.29) is 11.8 Å². The molecule has 0 spiro atoms. The molecule has 2 heterocycles. The van der Waals surface area contributed by atoms with E-state index in [1.165, 1.54) is 11.3 Å². The number of hydrogen-bond donors (Lipinski definition) is 1. The Hall–Kier alpha value is -2.63. The molecule has 1 N–H and O–H groups in total. The Morgan fingerprint density at radius 2 is 1.93 bits per heavy atom. The Kier molecular flexibility index (Phi) is 4.97. The molecule has 2 aromatic carbocycles. The molecular formula is C21H17ClN2O2S. The lowest BCUT2D eigenvalue weighted by atomic mass is 10.1. The second kappa shape index (κ2) is 7.55. The number of nitrogens with one attached hydrogen (secondary N) is 1. The van der Waals surface area contributed by atoms with Crippen LogP contribution in [0.1, 0.15) is 31.2 Å². The van der Waals surface area contributed by atoms with Crippen molar-refractivity contribution in [2.45, 2.75) is 13.0 Å². The number of halogens is 1. The molecule has 0 bridgehead atoms. The predicted molar refractivity (Wildman–Crippen MR) is 109 cm³/mol.